The van der Waals surface area contributed by atoms with Crippen molar-refractivity contribution >= 4 is 6.08 Å². The fraction of sp³-hybridized carbons (Fsp3) is 0.176. The maximum atomic E-state index is 3.93. The summed E-state index contributed by atoms with van der Waals surface area (Å²) in [7, 11) is 0. The summed E-state index contributed by atoms with van der Waals surface area (Å²) in [5, 5.41) is 0. The summed E-state index contributed by atoms with van der Waals surface area (Å²) in [6.07, 6.45) is 13.6. The van der Waals surface area contributed by atoms with Crippen molar-refractivity contribution in [1.82, 2.24) is 0 Å². The van der Waals surface area contributed by atoms with E-state index in [1.165, 1.54) is 17.5 Å². The topological polar surface area (TPSA) is 0 Å². The molecule has 0 N–H and O–H groups in total. The molecule has 1 unspecified atom stereocenters. The van der Waals surface area contributed by atoms with Gasteiger partial charge in [0.2, 0.25) is 0 Å². The van der Waals surface area contributed by atoms with Crippen LogP contribution in [0.3, 0.4) is 0 Å². The van der Waals surface area contributed by atoms with E-state index in [1.54, 1.807) is 6.56 Å². The molecule has 0 amide bonds. The predicted molar refractivity (Wildman–Crippen MR) is 73.8 cm³/mol. The zero-order chi connectivity index (χ0) is 12.4. The van der Waals surface area contributed by atoms with Crippen LogP contribution in [0.2, 0.25) is 0 Å². The van der Waals surface area contributed by atoms with Crippen LogP contribution in [0.25, 0.3) is 6.08 Å². The van der Waals surface area contributed by atoms with Gasteiger partial charge < -0.3 is 0 Å². The Morgan fingerprint density at radius 2 is 2.22 bits per heavy atom. The zero-order valence-electron chi connectivity index (χ0n) is 10.4. The van der Waals surface area contributed by atoms with Crippen LogP contribution in [0, 0.1) is 0 Å². The van der Waals surface area contributed by atoms with Crippen LogP contribution < -0.4 is 0 Å². The minimum atomic E-state index is -0.562. The van der Waals surface area contributed by atoms with Gasteiger partial charge in [0.25, 0.3) is 0 Å². The summed E-state index contributed by atoms with van der Waals surface area (Å²) in [5.74, 6) is 0.617. The van der Waals surface area contributed by atoms with Gasteiger partial charge in [-0.3, -0.25) is 0 Å². The van der Waals surface area contributed by atoms with E-state index in [0.717, 1.165) is 6.42 Å². The fourth-order valence-electron chi connectivity index (χ4n) is 2.66. The van der Waals surface area contributed by atoms with Gasteiger partial charge in [0.15, 0.2) is 0 Å². The van der Waals surface area contributed by atoms with Crippen LogP contribution in [0.15, 0.2) is 61.7 Å². The summed E-state index contributed by atoms with van der Waals surface area (Å²) in [4.78, 5) is 0. The van der Waals surface area contributed by atoms with E-state index >= 15 is 0 Å². The quantitative estimate of drug-likeness (QED) is 0.711. The first-order valence-corrected chi connectivity index (χ1v) is 8.88. The summed E-state index contributed by atoms with van der Waals surface area (Å²) < 4.78 is 3.42. The molecular weight excluding hydrogens is 295 g/mol. The molecule has 0 bridgehead atoms. The Balaban J connectivity index is 1.87. The van der Waals surface area contributed by atoms with Crippen molar-refractivity contribution in [3.05, 3.63) is 72.8 Å². The molecule has 0 aromatic heterocycles. The Hall–Kier alpha value is -0.937. The first-order valence-electron chi connectivity index (χ1n) is 6.42. The van der Waals surface area contributed by atoms with Crippen molar-refractivity contribution in [2.75, 3.05) is 0 Å². The Morgan fingerprint density at radius 1 is 1.33 bits per heavy atom. The van der Waals surface area contributed by atoms with Crippen molar-refractivity contribution in [2.45, 2.75) is 18.8 Å². The van der Waals surface area contributed by atoms with E-state index in [2.05, 4.69) is 61.2 Å². The molecule has 0 aliphatic heterocycles. The second kappa shape index (κ2) is 5.37. The Kier molecular flexibility index (Phi) is 3.61. The normalized spacial score (nSPS) is 20.3. The second-order valence-corrected chi connectivity index (χ2v) is 8.37. The van der Waals surface area contributed by atoms with Gasteiger partial charge in [0.1, 0.15) is 0 Å². The summed E-state index contributed by atoms with van der Waals surface area (Å²) in [5.41, 5.74) is 2.95. The molecule has 2 aliphatic rings. The average Bonchev–Trinajstić information content (AvgIpc) is 3.00. The van der Waals surface area contributed by atoms with Crippen molar-refractivity contribution in [1.29, 1.82) is 0 Å². The maximum absolute atomic E-state index is 3.93. The van der Waals surface area contributed by atoms with Crippen LogP contribution >= 0.6 is 0 Å². The van der Waals surface area contributed by atoms with Crippen molar-refractivity contribution in [2.24, 2.45) is 0 Å². The summed E-state index contributed by atoms with van der Waals surface area (Å²) in [6, 6.07) is 8.84. The molecule has 0 saturated carbocycles. The first kappa shape index (κ1) is 12.1. The van der Waals surface area contributed by atoms with Gasteiger partial charge in [-0.1, -0.05) is 0 Å². The molecule has 18 heavy (non-hydrogen) atoms. The number of fused-ring (bicyclic) bond motifs is 1. The predicted octanol–water partition coefficient (Wildman–Crippen LogP) is 4.63. The van der Waals surface area contributed by atoms with Crippen LogP contribution in [-0.4, -0.2) is 0 Å². The molecule has 1 aromatic carbocycles. The molecule has 1 heteroatoms. The number of benzene rings is 1. The van der Waals surface area contributed by atoms with Crippen molar-refractivity contribution in [3.8, 4) is 0 Å². The summed E-state index contributed by atoms with van der Waals surface area (Å²) >= 11 is -0.562. The van der Waals surface area contributed by atoms with Crippen molar-refractivity contribution < 1.29 is 23.2 Å². The molecule has 2 aliphatic carbocycles. The molecular formula is C17H16Zr. The standard InChI is InChI=1S/C12H11.C5H5.Zr/c1-2-5-10-8-9-11-6-3-4-7-12(10)11;1-2-4-5-3-1;/h2-4,6-7,9-10H,1,5H2;1-3H,4H2;. The molecule has 88 valence electrons. The molecule has 1 atom stereocenters. The van der Waals surface area contributed by atoms with Gasteiger partial charge in [0, 0.05) is 0 Å². The third-order valence-corrected chi connectivity index (χ3v) is 7.16. The average molecular weight is 312 g/mol. The molecule has 3 rings (SSSR count). The van der Waals surface area contributed by atoms with Gasteiger partial charge in [-0.05, 0) is 0 Å². The van der Waals surface area contributed by atoms with Crippen LogP contribution in [-0.2, 0) is 23.2 Å². The number of hydrogen-bond donors (Lipinski definition) is 0. The summed E-state index contributed by atoms with van der Waals surface area (Å²) in [6.45, 7) is 3.93. The Bertz CT molecular complexity index is 561. The SMILES string of the molecule is C=CCC1[C]([Zr][C]2=CC=CC2)=Cc2ccccc21. The van der Waals surface area contributed by atoms with Crippen LogP contribution in [0.4, 0.5) is 0 Å². The molecule has 0 nitrogen and oxygen atoms in total. The fourth-order valence-corrected chi connectivity index (χ4v) is 6.22. The van der Waals surface area contributed by atoms with E-state index in [9.17, 15) is 0 Å². The number of hydrogen-bond acceptors (Lipinski definition) is 0. The third-order valence-electron chi connectivity index (χ3n) is 3.54. The molecule has 0 heterocycles. The number of rotatable bonds is 4. The first-order chi connectivity index (χ1) is 8.88. The zero-order valence-corrected chi connectivity index (χ0v) is 12.9. The van der Waals surface area contributed by atoms with Gasteiger partial charge in [0.05, 0.1) is 0 Å². The number of allylic oxidation sites excluding steroid dienone is 6. The van der Waals surface area contributed by atoms with E-state index < -0.39 is 23.2 Å². The molecule has 1 aromatic rings. The van der Waals surface area contributed by atoms with Crippen LogP contribution in [0.1, 0.15) is 29.9 Å². The monoisotopic (exact) mass is 310 g/mol. The third kappa shape index (κ3) is 2.29. The van der Waals surface area contributed by atoms with Gasteiger partial charge in [-0.25, -0.2) is 0 Å². The van der Waals surface area contributed by atoms with Gasteiger partial charge >= 0.3 is 121 Å². The Morgan fingerprint density at radius 3 is 3.00 bits per heavy atom. The van der Waals surface area contributed by atoms with Gasteiger partial charge in [-0.15, -0.1) is 0 Å². The molecule has 0 saturated heterocycles. The minimum absolute atomic E-state index is 0.562. The molecule has 0 radical (unpaired) electrons. The van der Waals surface area contributed by atoms with Crippen LogP contribution in [0.5, 0.6) is 0 Å². The molecule has 0 spiro atoms. The van der Waals surface area contributed by atoms with E-state index in [-0.39, 0.29) is 0 Å². The Labute approximate surface area is 120 Å². The van der Waals surface area contributed by atoms with E-state index in [0.29, 0.717) is 5.92 Å². The van der Waals surface area contributed by atoms with E-state index in [4.69, 9.17) is 0 Å². The van der Waals surface area contributed by atoms with E-state index in [1.807, 2.05) is 0 Å². The van der Waals surface area contributed by atoms with Crippen molar-refractivity contribution in [3.63, 3.8) is 0 Å². The molecule has 0 fully saturated rings. The second-order valence-electron chi connectivity index (χ2n) is 4.75. The van der Waals surface area contributed by atoms with Gasteiger partial charge in [-0.2, -0.15) is 0 Å².